The van der Waals surface area contributed by atoms with Gasteiger partial charge in [0.1, 0.15) is 0 Å². The zero-order valence-corrected chi connectivity index (χ0v) is 10.5. The lowest BCUT2D eigenvalue weighted by atomic mass is 9.96. The number of piperidine rings is 1. The van der Waals surface area contributed by atoms with E-state index >= 15 is 0 Å². The Morgan fingerprint density at radius 3 is 2.61 bits per heavy atom. The van der Waals surface area contributed by atoms with E-state index in [-0.39, 0.29) is 18.4 Å². The zero-order valence-electron chi connectivity index (χ0n) is 10.5. The molecule has 6 heteroatoms. The second-order valence-electron chi connectivity index (χ2n) is 4.91. The first kappa shape index (κ1) is 13.3. The van der Waals surface area contributed by atoms with Crippen LogP contribution in [0.2, 0.25) is 0 Å². The van der Waals surface area contributed by atoms with Crippen LogP contribution in [0.25, 0.3) is 0 Å². The minimum atomic E-state index is -0.825. The zero-order chi connectivity index (χ0) is 13.0. The summed E-state index contributed by atoms with van der Waals surface area (Å²) in [4.78, 5) is 26.7. The number of carbonyl (C=O) groups excluding carboxylic acids is 1. The molecule has 0 aromatic heterocycles. The molecule has 1 atom stereocenters. The van der Waals surface area contributed by atoms with Crippen molar-refractivity contribution in [3.05, 3.63) is 0 Å². The number of carbonyl (C=O) groups is 2. The van der Waals surface area contributed by atoms with Gasteiger partial charge in [-0.1, -0.05) is 0 Å². The van der Waals surface area contributed by atoms with Crippen molar-refractivity contribution in [3.8, 4) is 0 Å². The van der Waals surface area contributed by atoms with Crippen molar-refractivity contribution in [1.82, 2.24) is 9.80 Å². The fourth-order valence-electron chi connectivity index (χ4n) is 2.63. The third-order valence-corrected chi connectivity index (χ3v) is 3.54. The standard InChI is InChI=1S/C12H20N2O4/c15-11(16)9-13-3-1-2-10(8-13)12(17)14-4-6-18-7-5-14/h10H,1-9H2,(H,15,16). The second kappa shape index (κ2) is 6.15. The van der Waals surface area contributed by atoms with E-state index in [1.54, 1.807) is 0 Å². The molecule has 102 valence electrons. The molecule has 2 rings (SSSR count). The highest BCUT2D eigenvalue weighted by Gasteiger charge is 2.30. The van der Waals surface area contributed by atoms with E-state index in [9.17, 15) is 9.59 Å². The molecule has 2 heterocycles. The van der Waals surface area contributed by atoms with Gasteiger partial charge in [0.2, 0.25) is 5.91 Å². The summed E-state index contributed by atoms with van der Waals surface area (Å²) in [7, 11) is 0. The molecule has 18 heavy (non-hydrogen) atoms. The van der Waals surface area contributed by atoms with Crippen LogP contribution in [0, 0.1) is 5.92 Å². The summed E-state index contributed by atoms with van der Waals surface area (Å²) in [5, 5.41) is 8.79. The Hall–Kier alpha value is -1.14. The summed E-state index contributed by atoms with van der Waals surface area (Å²) >= 11 is 0. The molecule has 1 unspecified atom stereocenters. The average molecular weight is 256 g/mol. The van der Waals surface area contributed by atoms with E-state index in [0.717, 1.165) is 19.4 Å². The summed E-state index contributed by atoms with van der Waals surface area (Å²) in [5.41, 5.74) is 0. The fraction of sp³-hybridized carbons (Fsp3) is 0.833. The van der Waals surface area contributed by atoms with Gasteiger partial charge in [-0.15, -0.1) is 0 Å². The first-order valence-electron chi connectivity index (χ1n) is 6.47. The van der Waals surface area contributed by atoms with Crippen LogP contribution in [-0.4, -0.2) is 72.7 Å². The van der Waals surface area contributed by atoms with Crippen molar-refractivity contribution in [2.24, 2.45) is 5.92 Å². The van der Waals surface area contributed by atoms with Gasteiger partial charge >= 0.3 is 5.97 Å². The first-order chi connectivity index (χ1) is 8.66. The number of hydrogen-bond acceptors (Lipinski definition) is 4. The maximum Gasteiger partial charge on any atom is 0.317 e. The Kier molecular flexibility index (Phi) is 4.54. The van der Waals surface area contributed by atoms with Gasteiger partial charge in [0.15, 0.2) is 0 Å². The number of hydrogen-bond donors (Lipinski definition) is 1. The van der Waals surface area contributed by atoms with Crippen LogP contribution >= 0.6 is 0 Å². The van der Waals surface area contributed by atoms with Crippen molar-refractivity contribution in [1.29, 1.82) is 0 Å². The van der Waals surface area contributed by atoms with Crippen LogP contribution in [0.3, 0.4) is 0 Å². The van der Waals surface area contributed by atoms with Gasteiger partial charge < -0.3 is 14.7 Å². The minimum Gasteiger partial charge on any atom is -0.480 e. The molecule has 2 aliphatic heterocycles. The summed E-state index contributed by atoms with van der Waals surface area (Å²) < 4.78 is 5.23. The molecule has 1 N–H and O–H groups in total. The van der Waals surface area contributed by atoms with Gasteiger partial charge in [-0.05, 0) is 19.4 Å². The smallest absolute Gasteiger partial charge is 0.317 e. The minimum absolute atomic E-state index is 0.0346. The molecule has 2 saturated heterocycles. The third-order valence-electron chi connectivity index (χ3n) is 3.54. The lowest BCUT2D eigenvalue weighted by molar-refractivity contribution is -0.144. The molecule has 6 nitrogen and oxygen atoms in total. The average Bonchev–Trinajstić information content (AvgIpc) is 2.38. The van der Waals surface area contributed by atoms with Crippen molar-refractivity contribution < 1.29 is 19.4 Å². The lowest BCUT2D eigenvalue weighted by Crippen LogP contribution is -2.49. The van der Waals surface area contributed by atoms with Gasteiger partial charge in [0.25, 0.3) is 0 Å². The fourth-order valence-corrected chi connectivity index (χ4v) is 2.63. The van der Waals surface area contributed by atoms with Gasteiger partial charge in [-0.3, -0.25) is 14.5 Å². The van der Waals surface area contributed by atoms with Gasteiger partial charge in [-0.25, -0.2) is 0 Å². The number of likely N-dealkylation sites (tertiary alicyclic amines) is 1. The van der Waals surface area contributed by atoms with Gasteiger partial charge in [0.05, 0.1) is 25.7 Å². The van der Waals surface area contributed by atoms with Crippen LogP contribution in [0.5, 0.6) is 0 Å². The van der Waals surface area contributed by atoms with E-state index < -0.39 is 5.97 Å². The lowest BCUT2D eigenvalue weighted by Gasteiger charge is -2.35. The van der Waals surface area contributed by atoms with E-state index in [4.69, 9.17) is 9.84 Å². The predicted octanol–water partition coefficient (Wildman–Crippen LogP) is -0.358. The topological polar surface area (TPSA) is 70.1 Å². The van der Waals surface area contributed by atoms with Crippen LogP contribution in [0.4, 0.5) is 0 Å². The summed E-state index contributed by atoms with van der Waals surface area (Å²) in [5.74, 6) is -0.709. The van der Waals surface area contributed by atoms with Crippen LogP contribution in [0.15, 0.2) is 0 Å². The highest BCUT2D eigenvalue weighted by Crippen LogP contribution is 2.19. The first-order valence-corrected chi connectivity index (χ1v) is 6.47. The number of morpholine rings is 1. The Balaban J connectivity index is 1.87. The number of nitrogens with zero attached hydrogens (tertiary/aromatic N) is 2. The summed E-state index contributed by atoms with van der Waals surface area (Å²) in [6.45, 7) is 3.92. The number of ether oxygens (including phenoxy) is 1. The number of aliphatic carboxylic acids is 1. The van der Waals surface area contributed by atoms with Crippen LogP contribution in [0.1, 0.15) is 12.8 Å². The molecule has 0 aromatic rings. The highest BCUT2D eigenvalue weighted by atomic mass is 16.5. The normalized spacial score (nSPS) is 26.0. The Labute approximate surface area is 106 Å². The number of rotatable bonds is 3. The monoisotopic (exact) mass is 256 g/mol. The number of amides is 1. The Morgan fingerprint density at radius 2 is 1.94 bits per heavy atom. The highest BCUT2D eigenvalue weighted by molar-refractivity contribution is 5.79. The Bertz CT molecular complexity index is 315. The van der Waals surface area contributed by atoms with Crippen LogP contribution < -0.4 is 0 Å². The number of carboxylic acid groups (broad SMARTS) is 1. The van der Waals surface area contributed by atoms with E-state index in [0.29, 0.717) is 32.8 Å². The molecular weight excluding hydrogens is 236 g/mol. The predicted molar refractivity (Wildman–Crippen MR) is 64.2 cm³/mol. The van der Waals surface area contributed by atoms with Crippen molar-refractivity contribution in [2.45, 2.75) is 12.8 Å². The number of carboxylic acids is 1. The van der Waals surface area contributed by atoms with Crippen molar-refractivity contribution in [2.75, 3.05) is 45.9 Å². The maximum absolute atomic E-state index is 12.3. The molecule has 2 fully saturated rings. The molecule has 2 aliphatic rings. The molecule has 1 amide bonds. The maximum atomic E-state index is 12.3. The van der Waals surface area contributed by atoms with Crippen molar-refractivity contribution in [3.63, 3.8) is 0 Å². The second-order valence-corrected chi connectivity index (χ2v) is 4.91. The van der Waals surface area contributed by atoms with E-state index in [2.05, 4.69) is 0 Å². The van der Waals surface area contributed by atoms with Crippen molar-refractivity contribution >= 4 is 11.9 Å². The third kappa shape index (κ3) is 3.43. The Morgan fingerprint density at radius 1 is 1.22 bits per heavy atom. The largest absolute Gasteiger partial charge is 0.480 e. The van der Waals surface area contributed by atoms with Crippen LogP contribution in [-0.2, 0) is 14.3 Å². The summed E-state index contributed by atoms with van der Waals surface area (Å²) in [6, 6.07) is 0. The van der Waals surface area contributed by atoms with Gasteiger partial charge in [-0.2, -0.15) is 0 Å². The molecule has 0 saturated carbocycles. The summed E-state index contributed by atoms with van der Waals surface area (Å²) in [6.07, 6.45) is 1.76. The van der Waals surface area contributed by atoms with E-state index in [1.165, 1.54) is 0 Å². The van der Waals surface area contributed by atoms with Gasteiger partial charge in [0, 0.05) is 19.6 Å². The molecule has 0 radical (unpaired) electrons. The van der Waals surface area contributed by atoms with E-state index in [1.807, 2.05) is 9.80 Å². The molecule has 0 aromatic carbocycles. The molecule has 0 spiro atoms. The quantitative estimate of drug-likeness (QED) is 0.747. The molecular formula is C12H20N2O4. The SMILES string of the molecule is O=C(O)CN1CCCC(C(=O)N2CCOCC2)C1. The molecule has 0 bridgehead atoms. The molecule has 0 aliphatic carbocycles.